The van der Waals surface area contributed by atoms with Crippen LogP contribution >= 0.6 is 11.5 Å². The maximum atomic E-state index is 12.6. The van der Waals surface area contributed by atoms with Gasteiger partial charge in [0.1, 0.15) is 23.4 Å². The van der Waals surface area contributed by atoms with Crippen molar-refractivity contribution >= 4 is 28.5 Å². The van der Waals surface area contributed by atoms with Crippen LogP contribution in [0.5, 0.6) is 5.75 Å². The predicted molar refractivity (Wildman–Crippen MR) is 129 cm³/mol. The molecule has 2 N–H and O–H groups in total. The molecule has 3 heterocycles. The molecular weight excluding hydrogens is 454 g/mol. The number of aromatic nitrogens is 2. The molecule has 0 radical (unpaired) electrons. The van der Waals surface area contributed by atoms with E-state index in [1.807, 2.05) is 41.3 Å². The second kappa shape index (κ2) is 11.6. The molecule has 0 bridgehead atoms. The number of anilines is 1. The van der Waals surface area contributed by atoms with Crippen LogP contribution in [0.25, 0.3) is 0 Å². The van der Waals surface area contributed by atoms with Crippen LogP contribution in [-0.2, 0) is 22.6 Å². The van der Waals surface area contributed by atoms with Crippen LogP contribution in [0.1, 0.15) is 42.8 Å². The van der Waals surface area contributed by atoms with Gasteiger partial charge in [0.25, 0.3) is 0 Å². The molecule has 0 spiro atoms. The number of carbonyl (C=O) groups is 2. The van der Waals surface area contributed by atoms with E-state index in [9.17, 15) is 9.59 Å². The Bertz CT molecular complexity index is 1080. The minimum absolute atomic E-state index is 0.107. The first-order valence-corrected chi connectivity index (χ1v) is 12.2. The normalized spacial score (nSPS) is 15.9. The van der Waals surface area contributed by atoms with Gasteiger partial charge in [-0.05, 0) is 49.1 Å². The summed E-state index contributed by atoms with van der Waals surface area (Å²) in [6.45, 7) is 1.56. The molecule has 1 aromatic carbocycles. The van der Waals surface area contributed by atoms with Crippen molar-refractivity contribution < 1.29 is 18.7 Å². The summed E-state index contributed by atoms with van der Waals surface area (Å²) >= 11 is 1.30. The number of rotatable bonds is 10. The first-order chi connectivity index (χ1) is 16.6. The molecular formula is C24H29N5O4S. The number of benzene rings is 1. The summed E-state index contributed by atoms with van der Waals surface area (Å²) in [5.74, 6) is 2.00. The van der Waals surface area contributed by atoms with Crippen molar-refractivity contribution in [2.75, 3.05) is 25.1 Å². The highest BCUT2D eigenvalue weighted by atomic mass is 32.1. The number of hydrogen-bond acceptors (Lipinski definition) is 8. The number of hydrogen-bond donors (Lipinski definition) is 2. The summed E-state index contributed by atoms with van der Waals surface area (Å²) in [6, 6.07) is 11.1. The zero-order valence-corrected chi connectivity index (χ0v) is 20.0. The highest BCUT2D eigenvalue weighted by molar-refractivity contribution is 7.09. The number of furan rings is 1. The second-order valence-corrected chi connectivity index (χ2v) is 8.91. The van der Waals surface area contributed by atoms with Crippen molar-refractivity contribution in [1.82, 2.24) is 20.0 Å². The monoisotopic (exact) mass is 483 g/mol. The maximum absolute atomic E-state index is 12.6. The molecule has 1 unspecified atom stereocenters. The van der Waals surface area contributed by atoms with E-state index in [1.165, 1.54) is 11.5 Å². The van der Waals surface area contributed by atoms with E-state index in [4.69, 9.17) is 14.1 Å². The number of ether oxygens (including phenoxy) is 1. The van der Waals surface area contributed by atoms with Gasteiger partial charge in [-0.2, -0.15) is 4.37 Å². The van der Waals surface area contributed by atoms with Crippen molar-refractivity contribution in [2.24, 2.45) is 0 Å². The number of amides is 2. The second-order valence-electron chi connectivity index (χ2n) is 8.18. The Morgan fingerprint density at radius 2 is 2.24 bits per heavy atom. The van der Waals surface area contributed by atoms with Gasteiger partial charge in [-0.15, -0.1) is 0 Å². The van der Waals surface area contributed by atoms with E-state index in [2.05, 4.69) is 15.0 Å². The van der Waals surface area contributed by atoms with Crippen LogP contribution in [0.2, 0.25) is 0 Å². The topological polar surface area (TPSA) is 110 Å². The van der Waals surface area contributed by atoms with E-state index in [-0.39, 0.29) is 18.2 Å². The molecule has 1 aliphatic rings. The van der Waals surface area contributed by atoms with Gasteiger partial charge in [0.15, 0.2) is 0 Å². The van der Waals surface area contributed by atoms with E-state index < -0.39 is 6.04 Å². The zero-order chi connectivity index (χ0) is 23.8. The standard InChI is InChI=1S/C24H29N5O4S/c1-32-18-7-4-6-17(14-18)15-21-27-24(34-28-21)29(16-19-8-5-13-33-19)12-10-22(30)26-20-9-2-3-11-25-23(20)31/h4-8,13-14,20H,2-3,9-12,15-16H2,1H3,(H,25,31)(H,26,30). The first-order valence-electron chi connectivity index (χ1n) is 11.4. The fourth-order valence-electron chi connectivity index (χ4n) is 3.82. The third-order valence-corrected chi connectivity index (χ3v) is 6.45. The molecule has 1 aliphatic heterocycles. The Morgan fingerprint density at radius 3 is 3.06 bits per heavy atom. The van der Waals surface area contributed by atoms with E-state index in [1.54, 1.807) is 13.4 Å². The summed E-state index contributed by atoms with van der Waals surface area (Å²) < 4.78 is 15.3. The number of methoxy groups -OCH3 is 1. The average molecular weight is 484 g/mol. The molecule has 1 fully saturated rings. The predicted octanol–water partition coefficient (Wildman–Crippen LogP) is 2.91. The van der Waals surface area contributed by atoms with Gasteiger partial charge in [0.2, 0.25) is 16.9 Å². The number of carbonyl (C=O) groups excluding carboxylic acids is 2. The molecule has 0 saturated carbocycles. The minimum Gasteiger partial charge on any atom is -0.497 e. The van der Waals surface area contributed by atoms with Crippen molar-refractivity contribution in [3.8, 4) is 5.75 Å². The van der Waals surface area contributed by atoms with Crippen LogP contribution in [-0.4, -0.2) is 47.4 Å². The van der Waals surface area contributed by atoms with Gasteiger partial charge in [-0.1, -0.05) is 12.1 Å². The van der Waals surface area contributed by atoms with Crippen molar-refractivity contribution in [3.05, 3.63) is 59.8 Å². The highest BCUT2D eigenvalue weighted by Crippen LogP contribution is 2.23. The lowest BCUT2D eigenvalue weighted by atomic mass is 10.1. The van der Waals surface area contributed by atoms with Crippen molar-refractivity contribution in [3.63, 3.8) is 0 Å². The van der Waals surface area contributed by atoms with Crippen LogP contribution in [0.4, 0.5) is 5.13 Å². The molecule has 9 nitrogen and oxygen atoms in total. The lowest BCUT2D eigenvalue weighted by Gasteiger charge is -2.21. The summed E-state index contributed by atoms with van der Waals surface area (Å²) in [7, 11) is 1.64. The summed E-state index contributed by atoms with van der Waals surface area (Å²) in [6.07, 6.45) is 4.95. The third-order valence-electron chi connectivity index (χ3n) is 5.63. The van der Waals surface area contributed by atoms with Gasteiger partial charge in [-0.3, -0.25) is 9.59 Å². The summed E-state index contributed by atoms with van der Waals surface area (Å²) in [5.41, 5.74) is 1.06. The maximum Gasteiger partial charge on any atom is 0.242 e. The molecule has 1 saturated heterocycles. The Hall–Kier alpha value is -3.40. The van der Waals surface area contributed by atoms with Crippen LogP contribution in [0, 0.1) is 0 Å². The van der Waals surface area contributed by atoms with Gasteiger partial charge in [0, 0.05) is 37.5 Å². The fourth-order valence-corrected chi connectivity index (χ4v) is 4.53. The number of nitrogens with zero attached hydrogens (tertiary/aromatic N) is 3. The molecule has 2 aromatic heterocycles. The first kappa shape index (κ1) is 23.7. The number of nitrogens with one attached hydrogen (secondary N) is 2. The molecule has 1 atom stereocenters. The van der Waals surface area contributed by atoms with Gasteiger partial charge >= 0.3 is 0 Å². The van der Waals surface area contributed by atoms with Crippen LogP contribution in [0.3, 0.4) is 0 Å². The average Bonchev–Trinajstić information content (AvgIpc) is 3.48. The molecule has 180 valence electrons. The molecule has 2 amide bonds. The summed E-state index contributed by atoms with van der Waals surface area (Å²) in [5, 5.41) is 6.44. The lowest BCUT2D eigenvalue weighted by molar-refractivity contribution is -0.128. The zero-order valence-electron chi connectivity index (χ0n) is 19.2. The van der Waals surface area contributed by atoms with Crippen LogP contribution < -0.4 is 20.3 Å². The van der Waals surface area contributed by atoms with Crippen molar-refractivity contribution in [1.29, 1.82) is 0 Å². The lowest BCUT2D eigenvalue weighted by Crippen LogP contribution is -2.46. The highest BCUT2D eigenvalue weighted by Gasteiger charge is 2.23. The fraction of sp³-hybridized carbons (Fsp3) is 0.417. The third kappa shape index (κ3) is 6.57. The SMILES string of the molecule is COc1cccc(Cc2nsc(N(CCC(=O)NC3CCCCNC3=O)Cc3ccco3)n2)c1. The Kier molecular flexibility index (Phi) is 8.13. The minimum atomic E-state index is -0.468. The van der Waals surface area contributed by atoms with E-state index in [0.29, 0.717) is 43.4 Å². The Labute approximate surface area is 202 Å². The van der Waals surface area contributed by atoms with Crippen molar-refractivity contribution in [2.45, 2.75) is 44.7 Å². The van der Waals surface area contributed by atoms with Gasteiger partial charge < -0.3 is 24.7 Å². The Morgan fingerprint density at radius 1 is 1.32 bits per heavy atom. The molecule has 3 aromatic rings. The van der Waals surface area contributed by atoms with Gasteiger partial charge in [0.05, 0.1) is 19.9 Å². The quantitative estimate of drug-likeness (QED) is 0.456. The van der Waals surface area contributed by atoms with E-state index >= 15 is 0 Å². The largest absolute Gasteiger partial charge is 0.497 e. The summed E-state index contributed by atoms with van der Waals surface area (Å²) in [4.78, 5) is 31.5. The van der Waals surface area contributed by atoms with Crippen LogP contribution in [0.15, 0.2) is 47.1 Å². The molecule has 34 heavy (non-hydrogen) atoms. The van der Waals surface area contributed by atoms with E-state index in [0.717, 1.165) is 29.9 Å². The Balaban J connectivity index is 1.40. The molecule has 10 heteroatoms. The smallest absolute Gasteiger partial charge is 0.242 e. The molecule has 0 aliphatic carbocycles. The van der Waals surface area contributed by atoms with Gasteiger partial charge in [-0.25, -0.2) is 4.98 Å². The molecule has 4 rings (SSSR count).